The van der Waals surface area contributed by atoms with Crippen molar-refractivity contribution in [2.24, 2.45) is 5.92 Å². The summed E-state index contributed by atoms with van der Waals surface area (Å²) < 4.78 is 1.92. The van der Waals surface area contributed by atoms with Crippen molar-refractivity contribution in [3.05, 3.63) is 42.0 Å². The van der Waals surface area contributed by atoms with Crippen LogP contribution in [-0.4, -0.2) is 52.3 Å². The third kappa shape index (κ3) is 4.62. The number of amides is 1. The molecule has 1 fully saturated rings. The SMILES string of the molecule is Cc1cc(C)n(CCC(=O)N(C)CC2CCN(c3ccncc3)CC2)n1. The Morgan fingerprint density at radius 3 is 2.54 bits per heavy atom. The number of carbonyl (C=O) groups excluding carboxylic acids is 1. The fraction of sp³-hybridized carbons (Fsp3) is 0.550. The summed E-state index contributed by atoms with van der Waals surface area (Å²) in [7, 11) is 1.93. The second-order valence-electron chi connectivity index (χ2n) is 7.31. The van der Waals surface area contributed by atoms with Gasteiger partial charge in [0.05, 0.1) is 5.69 Å². The van der Waals surface area contributed by atoms with Crippen LogP contribution in [0.15, 0.2) is 30.6 Å². The summed E-state index contributed by atoms with van der Waals surface area (Å²) in [4.78, 5) is 20.9. The summed E-state index contributed by atoms with van der Waals surface area (Å²) in [6, 6.07) is 6.18. The highest BCUT2D eigenvalue weighted by atomic mass is 16.2. The molecule has 0 saturated carbocycles. The van der Waals surface area contributed by atoms with E-state index < -0.39 is 0 Å². The Balaban J connectivity index is 1.43. The number of hydrogen-bond donors (Lipinski definition) is 0. The monoisotopic (exact) mass is 355 g/mol. The largest absolute Gasteiger partial charge is 0.371 e. The molecule has 0 spiro atoms. The predicted octanol–water partition coefficient (Wildman–Crippen LogP) is 2.66. The van der Waals surface area contributed by atoms with Gasteiger partial charge in [-0.1, -0.05) is 0 Å². The topological polar surface area (TPSA) is 54.3 Å². The number of nitrogens with zero attached hydrogens (tertiary/aromatic N) is 5. The maximum Gasteiger partial charge on any atom is 0.224 e. The molecule has 0 bridgehead atoms. The van der Waals surface area contributed by atoms with Crippen LogP contribution in [0.3, 0.4) is 0 Å². The molecule has 6 heteroatoms. The quantitative estimate of drug-likeness (QED) is 0.799. The number of aromatic nitrogens is 3. The predicted molar refractivity (Wildman–Crippen MR) is 103 cm³/mol. The molecule has 1 aliphatic rings. The van der Waals surface area contributed by atoms with Crippen LogP contribution >= 0.6 is 0 Å². The fourth-order valence-electron chi connectivity index (χ4n) is 3.71. The van der Waals surface area contributed by atoms with Gasteiger partial charge in [-0.3, -0.25) is 14.5 Å². The van der Waals surface area contributed by atoms with Gasteiger partial charge in [-0.2, -0.15) is 5.10 Å². The van der Waals surface area contributed by atoms with Crippen LogP contribution < -0.4 is 4.90 Å². The van der Waals surface area contributed by atoms with E-state index in [0.29, 0.717) is 18.9 Å². The van der Waals surface area contributed by atoms with Gasteiger partial charge in [0.2, 0.25) is 5.91 Å². The van der Waals surface area contributed by atoms with Gasteiger partial charge in [-0.05, 0) is 50.8 Å². The van der Waals surface area contributed by atoms with E-state index in [4.69, 9.17) is 0 Å². The van der Waals surface area contributed by atoms with Crippen LogP contribution in [0.1, 0.15) is 30.7 Å². The van der Waals surface area contributed by atoms with E-state index in [1.807, 2.05) is 48.9 Å². The summed E-state index contributed by atoms with van der Waals surface area (Å²) in [6.07, 6.45) is 6.44. The van der Waals surface area contributed by atoms with E-state index in [1.54, 1.807) is 0 Å². The maximum atomic E-state index is 12.5. The summed E-state index contributed by atoms with van der Waals surface area (Å²) in [5.41, 5.74) is 3.36. The number of rotatable bonds is 6. The van der Waals surface area contributed by atoms with E-state index >= 15 is 0 Å². The molecular formula is C20H29N5O. The van der Waals surface area contributed by atoms with Gasteiger partial charge in [0.1, 0.15) is 0 Å². The highest BCUT2D eigenvalue weighted by Gasteiger charge is 2.22. The zero-order valence-electron chi connectivity index (χ0n) is 16.1. The molecule has 3 heterocycles. The molecule has 0 unspecified atom stereocenters. The molecule has 1 amide bonds. The summed E-state index contributed by atoms with van der Waals surface area (Å²) in [5, 5.41) is 4.43. The lowest BCUT2D eigenvalue weighted by Crippen LogP contribution is -2.39. The molecular weight excluding hydrogens is 326 g/mol. The summed E-state index contributed by atoms with van der Waals surface area (Å²) in [5.74, 6) is 0.782. The average Bonchev–Trinajstić information content (AvgIpc) is 2.98. The highest BCUT2D eigenvalue weighted by molar-refractivity contribution is 5.75. The first kappa shape index (κ1) is 18.4. The first-order chi connectivity index (χ1) is 12.5. The first-order valence-corrected chi connectivity index (χ1v) is 9.43. The fourth-order valence-corrected chi connectivity index (χ4v) is 3.71. The van der Waals surface area contributed by atoms with Gasteiger partial charge in [-0.25, -0.2) is 0 Å². The molecule has 2 aromatic heterocycles. The molecule has 2 aromatic rings. The van der Waals surface area contributed by atoms with Gasteiger partial charge in [0.25, 0.3) is 0 Å². The van der Waals surface area contributed by atoms with Crippen molar-refractivity contribution in [2.45, 2.75) is 39.7 Å². The van der Waals surface area contributed by atoms with Crippen LogP contribution in [0.25, 0.3) is 0 Å². The molecule has 0 atom stereocenters. The van der Waals surface area contributed by atoms with Crippen LogP contribution in [0.2, 0.25) is 0 Å². The van der Waals surface area contributed by atoms with Crippen LogP contribution in [0, 0.1) is 19.8 Å². The van der Waals surface area contributed by atoms with Crippen LogP contribution in [-0.2, 0) is 11.3 Å². The van der Waals surface area contributed by atoms with E-state index in [-0.39, 0.29) is 5.91 Å². The van der Waals surface area contributed by atoms with Crippen molar-refractivity contribution in [3.63, 3.8) is 0 Å². The number of aryl methyl sites for hydroxylation is 3. The highest BCUT2D eigenvalue weighted by Crippen LogP contribution is 2.23. The Hall–Kier alpha value is -2.37. The normalized spacial score (nSPS) is 15.3. The second kappa shape index (κ2) is 8.34. The molecule has 0 aliphatic carbocycles. The molecule has 140 valence electrons. The molecule has 3 rings (SSSR count). The van der Waals surface area contributed by atoms with Gasteiger partial charge in [-0.15, -0.1) is 0 Å². The molecule has 0 N–H and O–H groups in total. The zero-order valence-corrected chi connectivity index (χ0v) is 16.1. The van der Waals surface area contributed by atoms with Crippen molar-refractivity contribution in [2.75, 3.05) is 31.6 Å². The minimum Gasteiger partial charge on any atom is -0.371 e. The summed E-state index contributed by atoms with van der Waals surface area (Å²) in [6.45, 7) is 7.61. The number of carbonyl (C=O) groups is 1. The van der Waals surface area contributed by atoms with Crippen LogP contribution in [0.4, 0.5) is 5.69 Å². The van der Waals surface area contributed by atoms with Gasteiger partial charge in [0, 0.05) is 63.4 Å². The minimum atomic E-state index is 0.203. The maximum absolute atomic E-state index is 12.5. The molecule has 1 saturated heterocycles. The van der Waals surface area contributed by atoms with Crippen molar-refractivity contribution < 1.29 is 4.79 Å². The molecule has 6 nitrogen and oxygen atoms in total. The number of hydrogen-bond acceptors (Lipinski definition) is 4. The van der Waals surface area contributed by atoms with Crippen molar-refractivity contribution in [1.29, 1.82) is 0 Å². The lowest BCUT2D eigenvalue weighted by Gasteiger charge is -2.35. The van der Waals surface area contributed by atoms with Crippen molar-refractivity contribution in [3.8, 4) is 0 Å². The molecule has 26 heavy (non-hydrogen) atoms. The first-order valence-electron chi connectivity index (χ1n) is 9.43. The Morgan fingerprint density at radius 2 is 1.92 bits per heavy atom. The third-order valence-electron chi connectivity index (χ3n) is 5.24. The van der Waals surface area contributed by atoms with Crippen LogP contribution in [0.5, 0.6) is 0 Å². The third-order valence-corrected chi connectivity index (χ3v) is 5.24. The minimum absolute atomic E-state index is 0.203. The molecule has 0 aromatic carbocycles. The van der Waals surface area contributed by atoms with Crippen molar-refractivity contribution >= 4 is 11.6 Å². The second-order valence-corrected chi connectivity index (χ2v) is 7.31. The van der Waals surface area contributed by atoms with E-state index in [1.165, 1.54) is 5.69 Å². The Labute approximate surface area is 155 Å². The zero-order chi connectivity index (χ0) is 18.5. The van der Waals surface area contributed by atoms with Gasteiger partial charge < -0.3 is 9.80 Å². The standard InChI is InChI=1S/C20H29N5O/c1-16-14-17(2)25(22-16)13-8-20(26)23(3)15-18-6-11-24(12-7-18)19-4-9-21-10-5-19/h4-5,9-10,14,18H,6-8,11-13,15H2,1-3H3. The lowest BCUT2D eigenvalue weighted by molar-refractivity contribution is -0.130. The lowest BCUT2D eigenvalue weighted by atomic mass is 9.96. The van der Waals surface area contributed by atoms with Gasteiger partial charge in [0.15, 0.2) is 0 Å². The molecule has 0 radical (unpaired) electrons. The Morgan fingerprint density at radius 1 is 1.23 bits per heavy atom. The smallest absolute Gasteiger partial charge is 0.224 e. The Bertz CT molecular complexity index is 719. The summed E-state index contributed by atoms with van der Waals surface area (Å²) >= 11 is 0. The number of piperidine rings is 1. The number of pyridine rings is 1. The molecule has 1 aliphatic heterocycles. The van der Waals surface area contributed by atoms with Crippen molar-refractivity contribution in [1.82, 2.24) is 19.7 Å². The van der Waals surface area contributed by atoms with E-state index in [2.05, 4.69) is 27.1 Å². The average molecular weight is 355 g/mol. The van der Waals surface area contributed by atoms with E-state index in [9.17, 15) is 4.79 Å². The van der Waals surface area contributed by atoms with E-state index in [0.717, 1.165) is 43.9 Å². The number of anilines is 1. The van der Waals surface area contributed by atoms with Gasteiger partial charge >= 0.3 is 0 Å². The Kier molecular flexibility index (Phi) is 5.91.